The number of hydrogen-bond donors (Lipinski definition) is 1. The van der Waals surface area contributed by atoms with Crippen LogP contribution in [-0.2, 0) is 6.42 Å². The third-order valence-corrected chi connectivity index (χ3v) is 4.01. The molecule has 0 aliphatic carbocycles. The molecule has 0 aromatic carbocycles. The quantitative estimate of drug-likeness (QED) is 0.826. The van der Waals surface area contributed by atoms with Gasteiger partial charge in [0.15, 0.2) is 5.69 Å². The first kappa shape index (κ1) is 13.2. The van der Waals surface area contributed by atoms with Gasteiger partial charge in [0.2, 0.25) is 0 Å². The smallest absolute Gasteiger partial charge is 0.355 e. The lowest BCUT2D eigenvalue weighted by atomic mass is 10.1. The molecule has 1 aromatic rings. The molecule has 0 fully saturated rings. The number of aromatic carboxylic acids is 1. The summed E-state index contributed by atoms with van der Waals surface area (Å²) in [5.41, 5.74) is 0.272. The number of nitrogens with zero attached hydrogens (tertiary/aromatic N) is 1. The summed E-state index contributed by atoms with van der Waals surface area (Å²) in [6.45, 7) is 6.30. The Labute approximate surface area is 101 Å². The van der Waals surface area contributed by atoms with Crippen LogP contribution < -0.4 is 0 Å². The number of aromatic nitrogens is 1. The van der Waals surface area contributed by atoms with Gasteiger partial charge >= 0.3 is 5.97 Å². The Morgan fingerprint density at radius 3 is 2.44 bits per heavy atom. The first-order chi connectivity index (χ1) is 7.63. The Morgan fingerprint density at radius 1 is 1.38 bits per heavy atom. The van der Waals surface area contributed by atoms with Gasteiger partial charge in [-0.05, 0) is 19.3 Å². The van der Waals surface area contributed by atoms with E-state index in [0.29, 0.717) is 5.92 Å². The lowest BCUT2D eigenvalue weighted by Crippen LogP contribution is -2.02. The highest BCUT2D eigenvalue weighted by Crippen LogP contribution is 2.30. The zero-order valence-electron chi connectivity index (χ0n) is 10.1. The molecule has 1 rings (SSSR count). The molecule has 0 bridgehead atoms. The molecule has 1 N–H and O–H groups in total. The topological polar surface area (TPSA) is 50.2 Å². The summed E-state index contributed by atoms with van der Waals surface area (Å²) in [6.07, 6.45) is 3.83. The standard InChI is InChI=1S/C12H19NO2S/c1-4-7-9-10(12(14)15)13-11(16-9)8(5-2)6-3/h8H,4-7H2,1-3H3,(H,14,15). The number of carbonyl (C=O) groups is 1. The molecule has 0 aliphatic rings. The van der Waals surface area contributed by atoms with Gasteiger partial charge in [-0.2, -0.15) is 0 Å². The van der Waals surface area contributed by atoms with E-state index in [4.69, 9.17) is 5.11 Å². The second kappa shape index (κ2) is 5.99. The van der Waals surface area contributed by atoms with E-state index in [1.54, 1.807) is 11.3 Å². The van der Waals surface area contributed by atoms with Crippen LogP contribution in [0.25, 0.3) is 0 Å². The van der Waals surface area contributed by atoms with Crippen molar-refractivity contribution in [3.05, 3.63) is 15.6 Å². The Bertz CT molecular complexity index is 356. The minimum Gasteiger partial charge on any atom is -0.476 e. The van der Waals surface area contributed by atoms with Crippen molar-refractivity contribution in [2.45, 2.75) is 52.4 Å². The summed E-state index contributed by atoms with van der Waals surface area (Å²) < 4.78 is 0. The Kier molecular flexibility index (Phi) is 4.93. The third-order valence-electron chi connectivity index (χ3n) is 2.73. The molecule has 16 heavy (non-hydrogen) atoms. The first-order valence-electron chi connectivity index (χ1n) is 5.86. The average molecular weight is 241 g/mol. The number of hydrogen-bond acceptors (Lipinski definition) is 3. The van der Waals surface area contributed by atoms with Crippen molar-refractivity contribution in [1.29, 1.82) is 0 Å². The molecule has 0 saturated heterocycles. The number of carboxylic acid groups (broad SMARTS) is 1. The molecular formula is C12H19NO2S. The maximum Gasteiger partial charge on any atom is 0.355 e. The molecule has 90 valence electrons. The normalized spacial score (nSPS) is 11.0. The van der Waals surface area contributed by atoms with Crippen molar-refractivity contribution < 1.29 is 9.90 Å². The summed E-state index contributed by atoms with van der Waals surface area (Å²) >= 11 is 1.58. The highest BCUT2D eigenvalue weighted by atomic mass is 32.1. The molecule has 0 aliphatic heterocycles. The maximum absolute atomic E-state index is 11.1. The predicted molar refractivity (Wildman–Crippen MR) is 66.4 cm³/mol. The van der Waals surface area contributed by atoms with Crippen molar-refractivity contribution in [3.8, 4) is 0 Å². The van der Waals surface area contributed by atoms with Gasteiger partial charge in [0.1, 0.15) is 0 Å². The fourth-order valence-corrected chi connectivity index (χ4v) is 3.17. The van der Waals surface area contributed by atoms with E-state index >= 15 is 0 Å². The van der Waals surface area contributed by atoms with E-state index < -0.39 is 5.97 Å². The van der Waals surface area contributed by atoms with Crippen LogP contribution in [0.1, 0.15) is 66.3 Å². The second-order valence-electron chi connectivity index (χ2n) is 3.89. The fraction of sp³-hybridized carbons (Fsp3) is 0.667. The van der Waals surface area contributed by atoms with Gasteiger partial charge in [-0.1, -0.05) is 27.2 Å². The summed E-state index contributed by atoms with van der Waals surface area (Å²) in [5.74, 6) is -0.481. The molecule has 0 atom stereocenters. The monoisotopic (exact) mass is 241 g/mol. The minimum atomic E-state index is -0.892. The van der Waals surface area contributed by atoms with Gasteiger partial charge < -0.3 is 5.11 Å². The van der Waals surface area contributed by atoms with Crippen LogP contribution in [0.15, 0.2) is 0 Å². The largest absolute Gasteiger partial charge is 0.476 e. The molecule has 3 nitrogen and oxygen atoms in total. The number of carboxylic acids is 1. The molecule has 0 unspecified atom stereocenters. The van der Waals surface area contributed by atoms with Crippen LogP contribution in [0.5, 0.6) is 0 Å². The van der Waals surface area contributed by atoms with Crippen molar-refractivity contribution in [1.82, 2.24) is 4.98 Å². The van der Waals surface area contributed by atoms with E-state index in [1.165, 1.54) is 0 Å². The van der Waals surface area contributed by atoms with Gasteiger partial charge in [-0.15, -0.1) is 11.3 Å². The summed E-state index contributed by atoms with van der Waals surface area (Å²) in [4.78, 5) is 16.3. The average Bonchev–Trinajstić information content (AvgIpc) is 2.65. The van der Waals surface area contributed by atoms with Crippen LogP contribution in [-0.4, -0.2) is 16.1 Å². The van der Waals surface area contributed by atoms with Crippen LogP contribution >= 0.6 is 11.3 Å². The van der Waals surface area contributed by atoms with Crippen molar-refractivity contribution in [2.24, 2.45) is 0 Å². The Balaban J connectivity index is 3.04. The highest BCUT2D eigenvalue weighted by Gasteiger charge is 2.20. The van der Waals surface area contributed by atoms with Gasteiger partial charge in [0.25, 0.3) is 0 Å². The van der Waals surface area contributed by atoms with E-state index in [2.05, 4.69) is 25.8 Å². The number of thiazole rings is 1. The lowest BCUT2D eigenvalue weighted by Gasteiger charge is -2.06. The van der Waals surface area contributed by atoms with Crippen LogP contribution in [0.4, 0.5) is 0 Å². The van der Waals surface area contributed by atoms with Gasteiger partial charge in [-0.25, -0.2) is 9.78 Å². The molecule has 4 heteroatoms. The van der Waals surface area contributed by atoms with Crippen LogP contribution in [0, 0.1) is 0 Å². The highest BCUT2D eigenvalue weighted by molar-refractivity contribution is 7.12. The van der Waals surface area contributed by atoms with E-state index in [0.717, 1.165) is 35.6 Å². The molecule has 0 amide bonds. The van der Waals surface area contributed by atoms with Crippen molar-refractivity contribution in [3.63, 3.8) is 0 Å². The summed E-state index contributed by atoms with van der Waals surface area (Å²) in [5, 5.41) is 10.1. The molecule has 0 spiro atoms. The zero-order chi connectivity index (χ0) is 12.1. The van der Waals surface area contributed by atoms with E-state index in [1.807, 2.05) is 0 Å². The van der Waals surface area contributed by atoms with Gasteiger partial charge in [0, 0.05) is 10.8 Å². The Hall–Kier alpha value is -0.900. The van der Waals surface area contributed by atoms with E-state index in [-0.39, 0.29) is 5.69 Å². The van der Waals surface area contributed by atoms with Crippen molar-refractivity contribution >= 4 is 17.3 Å². The fourth-order valence-electron chi connectivity index (χ4n) is 1.75. The number of aryl methyl sites for hydroxylation is 1. The summed E-state index contributed by atoms with van der Waals surface area (Å²) in [6, 6.07) is 0. The first-order valence-corrected chi connectivity index (χ1v) is 6.68. The van der Waals surface area contributed by atoms with Crippen LogP contribution in [0.2, 0.25) is 0 Å². The molecule has 1 heterocycles. The second-order valence-corrected chi connectivity index (χ2v) is 5.01. The van der Waals surface area contributed by atoms with Gasteiger partial charge in [-0.3, -0.25) is 0 Å². The predicted octanol–water partition coefficient (Wildman–Crippen LogP) is 3.70. The molecule has 0 radical (unpaired) electrons. The Morgan fingerprint density at radius 2 is 2.00 bits per heavy atom. The molecule has 0 saturated carbocycles. The SMILES string of the molecule is CCCc1sc(C(CC)CC)nc1C(=O)O. The van der Waals surface area contributed by atoms with E-state index in [9.17, 15) is 4.79 Å². The van der Waals surface area contributed by atoms with Crippen molar-refractivity contribution in [2.75, 3.05) is 0 Å². The molecular weight excluding hydrogens is 222 g/mol. The summed E-state index contributed by atoms with van der Waals surface area (Å²) in [7, 11) is 0. The third kappa shape index (κ3) is 2.82. The minimum absolute atomic E-state index is 0.272. The maximum atomic E-state index is 11.1. The zero-order valence-corrected chi connectivity index (χ0v) is 10.9. The molecule has 1 aromatic heterocycles. The van der Waals surface area contributed by atoms with Gasteiger partial charge in [0.05, 0.1) is 5.01 Å². The lowest BCUT2D eigenvalue weighted by molar-refractivity contribution is 0.0690. The van der Waals surface area contributed by atoms with Crippen LogP contribution in [0.3, 0.4) is 0 Å². The number of rotatable bonds is 6.